The normalized spacial score (nSPS) is 18.7. The number of nitrogens with zero attached hydrogens (tertiary/aromatic N) is 3. The van der Waals surface area contributed by atoms with Crippen molar-refractivity contribution in [1.82, 2.24) is 14.7 Å². The standard InChI is InChI=1S/C19H22ClN3O3/c1-22-12-14(20)17(21-22)18(24)23-9-7-19(8-10-23)16-13(6-11-26-19)4-3-5-15(16)25-2/h3-5,12H,6-11H2,1-2H3. The first-order chi connectivity index (χ1) is 12.5. The van der Waals surface area contributed by atoms with Crippen LogP contribution in [0.1, 0.15) is 34.5 Å². The summed E-state index contributed by atoms with van der Waals surface area (Å²) >= 11 is 6.14. The Morgan fingerprint density at radius 3 is 2.77 bits per heavy atom. The molecule has 0 bridgehead atoms. The van der Waals surface area contributed by atoms with Crippen molar-refractivity contribution in [1.29, 1.82) is 0 Å². The number of ether oxygens (including phenoxy) is 2. The summed E-state index contributed by atoms with van der Waals surface area (Å²) in [6, 6.07) is 6.16. The van der Waals surface area contributed by atoms with Crippen LogP contribution in [-0.2, 0) is 23.8 Å². The zero-order valence-corrected chi connectivity index (χ0v) is 15.8. The van der Waals surface area contributed by atoms with Gasteiger partial charge in [-0.2, -0.15) is 5.10 Å². The second kappa shape index (κ2) is 6.59. The zero-order valence-electron chi connectivity index (χ0n) is 15.0. The molecule has 0 saturated carbocycles. The number of piperidine rings is 1. The Kier molecular flexibility index (Phi) is 4.40. The molecule has 6 nitrogen and oxygen atoms in total. The van der Waals surface area contributed by atoms with Gasteiger partial charge in [0, 0.05) is 31.9 Å². The Balaban J connectivity index is 1.58. The minimum Gasteiger partial charge on any atom is -0.496 e. The maximum absolute atomic E-state index is 12.8. The summed E-state index contributed by atoms with van der Waals surface area (Å²) in [7, 11) is 3.45. The van der Waals surface area contributed by atoms with E-state index in [0.717, 1.165) is 30.6 Å². The van der Waals surface area contributed by atoms with Crippen molar-refractivity contribution in [2.45, 2.75) is 24.9 Å². The number of fused-ring (bicyclic) bond motifs is 2. The average Bonchev–Trinajstić information content (AvgIpc) is 3.00. The van der Waals surface area contributed by atoms with Gasteiger partial charge in [0.15, 0.2) is 5.69 Å². The maximum Gasteiger partial charge on any atom is 0.275 e. The topological polar surface area (TPSA) is 56.6 Å². The van der Waals surface area contributed by atoms with E-state index in [1.807, 2.05) is 17.0 Å². The van der Waals surface area contributed by atoms with Gasteiger partial charge in [-0.15, -0.1) is 0 Å². The highest BCUT2D eigenvalue weighted by molar-refractivity contribution is 6.33. The summed E-state index contributed by atoms with van der Waals surface area (Å²) in [6.45, 7) is 1.90. The van der Waals surface area contributed by atoms with E-state index in [1.54, 1.807) is 25.0 Å². The molecule has 0 aliphatic carbocycles. The van der Waals surface area contributed by atoms with Crippen LogP contribution in [0, 0.1) is 0 Å². The average molecular weight is 376 g/mol. The summed E-state index contributed by atoms with van der Waals surface area (Å²) in [5.74, 6) is 0.747. The molecule has 0 unspecified atom stereocenters. The molecule has 0 atom stereocenters. The predicted octanol–water partition coefficient (Wildman–Crippen LogP) is 2.79. The van der Waals surface area contributed by atoms with Gasteiger partial charge in [-0.3, -0.25) is 9.48 Å². The van der Waals surface area contributed by atoms with Crippen LogP contribution in [0.2, 0.25) is 5.02 Å². The van der Waals surface area contributed by atoms with Crippen LogP contribution in [0.5, 0.6) is 5.75 Å². The van der Waals surface area contributed by atoms with Gasteiger partial charge < -0.3 is 14.4 Å². The summed E-state index contributed by atoms with van der Waals surface area (Å²) in [4.78, 5) is 14.6. The Morgan fingerprint density at radius 2 is 2.12 bits per heavy atom. The first-order valence-corrected chi connectivity index (χ1v) is 9.20. The molecule has 0 radical (unpaired) electrons. The summed E-state index contributed by atoms with van der Waals surface area (Å²) in [6.07, 6.45) is 4.00. The lowest BCUT2D eigenvalue weighted by molar-refractivity contribution is -0.0947. The zero-order chi connectivity index (χ0) is 18.3. The molecular weight excluding hydrogens is 354 g/mol. The van der Waals surface area contributed by atoms with Crippen molar-refractivity contribution in [3.8, 4) is 5.75 Å². The van der Waals surface area contributed by atoms with E-state index in [9.17, 15) is 4.79 Å². The van der Waals surface area contributed by atoms with Gasteiger partial charge >= 0.3 is 0 Å². The van der Waals surface area contributed by atoms with E-state index in [2.05, 4.69) is 11.2 Å². The second-order valence-corrected chi connectivity index (χ2v) is 7.29. The number of aromatic nitrogens is 2. The molecule has 1 amide bonds. The van der Waals surface area contributed by atoms with Crippen LogP contribution in [0.4, 0.5) is 0 Å². The van der Waals surface area contributed by atoms with Crippen LogP contribution in [0.15, 0.2) is 24.4 Å². The van der Waals surface area contributed by atoms with E-state index in [0.29, 0.717) is 30.4 Å². The van der Waals surface area contributed by atoms with Crippen molar-refractivity contribution in [3.63, 3.8) is 0 Å². The number of rotatable bonds is 2. The third-order valence-electron chi connectivity index (χ3n) is 5.38. The molecular formula is C19H22ClN3O3. The highest BCUT2D eigenvalue weighted by atomic mass is 35.5. The predicted molar refractivity (Wildman–Crippen MR) is 97.7 cm³/mol. The van der Waals surface area contributed by atoms with Crippen molar-refractivity contribution in [2.24, 2.45) is 7.05 Å². The smallest absolute Gasteiger partial charge is 0.275 e. The highest BCUT2D eigenvalue weighted by Crippen LogP contribution is 2.45. The SMILES string of the molecule is COc1cccc2c1C1(CCN(C(=O)c3nn(C)cc3Cl)CC1)OCC2. The fraction of sp³-hybridized carbons (Fsp3) is 0.474. The lowest BCUT2D eigenvalue weighted by atomic mass is 9.78. The number of benzene rings is 1. The van der Waals surface area contributed by atoms with E-state index >= 15 is 0 Å². The molecule has 1 aromatic carbocycles. The molecule has 1 fully saturated rings. The summed E-state index contributed by atoms with van der Waals surface area (Å²) < 4.78 is 13.4. The summed E-state index contributed by atoms with van der Waals surface area (Å²) in [5, 5.41) is 4.58. The second-order valence-electron chi connectivity index (χ2n) is 6.88. The molecule has 1 aromatic heterocycles. The number of hydrogen-bond donors (Lipinski definition) is 0. The molecule has 1 saturated heterocycles. The molecule has 1 spiro atoms. The van der Waals surface area contributed by atoms with Crippen LogP contribution in [-0.4, -0.2) is 47.4 Å². The van der Waals surface area contributed by atoms with Crippen LogP contribution in [0.3, 0.4) is 0 Å². The van der Waals surface area contributed by atoms with Gasteiger partial charge in [0.05, 0.1) is 18.7 Å². The monoisotopic (exact) mass is 375 g/mol. The van der Waals surface area contributed by atoms with Crippen LogP contribution in [0.25, 0.3) is 0 Å². The Morgan fingerprint density at radius 1 is 1.35 bits per heavy atom. The lowest BCUT2D eigenvalue weighted by Gasteiger charge is -2.45. The highest BCUT2D eigenvalue weighted by Gasteiger charge is 2.44. The molecule has 26 heavy (non-hydrogen) atoms. The number of halogens is 1. The van der Waals surface area contributed by atoms with Gasteiger partial charge in [0.2, 0.25) is 0 Å². The van der Waals surface area contributed by atoms with Gasteiger partial charge in [0.1, 0.15) is 11.4 Å². The number of likely N-dealkylation sites (tertiary alicyclic amines) is 1. The minimum absolute atomic E-state index is 0.124. The first kappa shape index (κ1) is 17.4. The molecule has 0 N–H and O–H groups in total. The summed E-state index contributed by atoms with van der Waals surface area (Å²) in [5.41, 5.74) is 2.36. The molecule has 2 aliphatic rings. The molecule has 4 rings (SSSR count). The minimum atomic E-state index is -0.384. The van der Waals surface area contributed by atoms with Gasteiger partial charge in [-0.25, -0.2) is 0 Å². The number of amides is 1. The van der Waals surface area contributed by atoms with Gasteiger partial charge in [-0.05, 0) is 30.9 Å². The van der Waals surface area contributed by atoms with E-state index < -0.39 is 0 Å². The number of methoxy groups -OCH3 is 1. The third-order valence-corrected chi connectivity index (χ3v) is 5.66. The number of carbonyl (C=O) groups is 1. The Labute approximate surface area is 157 Å². The number of hydrogen-bond acceptors (Lipinski definition) is 4. The largest absolute Gasteiger partial charge is 0.496 e. The molecule has 2 aromatic rings. The molecule has 7 heteroatoms. The Bertz CT molecular complexity index is 826. The fourth-order valence-corrected chi connectivity index (χ4v) is 4.38. The van der Waals surface area contributed by atoms with E-state index in [-0.39, 0.29) is 11.5 Å². The number of carbonyl (C=O) groups excluding carboxylic acids is 1. The van der Waals surface area contributed by atoms with Crippen LogP contribution < -0.4 is 4.74 Å². The van der Waals surface area contributed by atoms with Crippen molar-refractivity contribution in [3.05, 3.63) is 46.2 Å². The van der Waals surface area contributed by atoms with E-state index in [1.165, 1.54) is 5.56 Å². The lowest BCUT2D eigenvalue weighted by Crippen LogP contribution is -2.48. The molecule has 2 aliphatic heterocycles. The maximum atomic E-state index is 12.8. The van der Waals surface area contributed by atoms with Gasteiger partial charge in [0.25, 0.3) is 5.91 Å². The molecule has 138 valence electrons. The number of aryl methyl sites for hydroxylation is 1. The van der Waals surface area contributed by atoms with Gasteiger partial charge in [-0.1, -0.05) is 23.7 Å². The Hall–Kier alpha value is -2.05. The van der Waals surface area contributed by atoms with Crippen LogP contribution >= 0.6 is 11.6 Å². The molecule has 3 heterocycles. The fourth-order valence-electron chi connectivity index (χ4n) is 4.12. The third kappa shape index (κ3) is 2.77. The van der Waals surface area contributed by atoms with E-state index in [4.69, 9.17) is 21.1 Å². The van der Waals surface area contributed by atoms with Crippen molar-refractivity contribution in [2.75, 3.05) is 26.8 Å². The van der Waals surface area contributed by atoms with Crippen molar-refractivity contribution >= 4 is 17.5 Å². The quantitative estimate of drug-likeness (QED) is 0.810. The van der Waals surface area contributed by atoms with Crippen molar-refractivity contribution < 1.29 is 14.3 Å². The first-order valence-electron chi connectivity index (χ1n) is 8.83.